The lowest BCUT2D eigenvalue weighted by atomic mass is 9.99. The highest BCUT2D eigenvalue weighted by Gasteiger charge is 2.18. The van der Waals surface area contributed by atoms with E-state index in [1.807, 2.05) is 42.5 Å². The number of aromatic nitrogens is 1. The minimum Gasteiger partial charge on any atom is -0.456 e. The molecule has 59 heavy (non-hydrogen) atoms. The predicted octanol–water partition coefficient (Wildman–Crippen LogP) is 15.5. The molecule has 0 aliphatic rings. The van der Waals surface area contributed by atoms with Crippen LogP contribution in [-0.4, -0.2) is 4.98 Å². The number of hydrogen-bond donors (Lipinski definition) is 0. The smallest absolute Gasteiger partial charge is 0.227 e. The topological polar surface area (TPSA) is 42.4 Å². The van der Waals surface area contributed by atoms with Gasteiger partial charge in [-0.3, -0.25) is 0 Å². The summed E-state index contributed by atoms with van der Waals surface area (Å²) < 4.78 is 12.6. The third-order valence-corrected chi connectivity index (χ3v) is 11.1. The molecule has 0 saturated carbocycles. The monoisotopic (exact) mass is 756 g/mol. The van der Waals surface area contributed by atoms with Crippen molar-refractivity contribution in [2.45, 2.75) is 0 Å². The third-order valence-electron chi connectivity index (χ3n) is 11.1. The van der Waals surface area contributed by atoms with Crippen molar-refractivity contribution in [3.8, 4) is 56.0 Å². The number of fused-ring (bicyclic) bond motifs is 5. The van der Waals surface area contributed by atoms with E-state index < -0.39 is 0 Å². The van der Waals surface area contributed by atoms with Gasteiger partial charge < -0.3 is 13.7 Å². The van der Waals surface area contributed by atoms with Gasteiger partial charge >= 0.3 is 0 Å². The van der Waals surface area contributed by atoms with Gasteiger partial charge in [0.25, 0.3) is 0 Å². The van der Waals surface area contributed by atoms with Crippen LogP contribution in [-0.2, 0) is 0 Å². The largest absolute Gasteiger partial charge is 0.456 e. The van der Waals surface area contributed by atoms with Crippen LogP contribution in [0, 0.1) is 0 Å². The summed E-state index contributed by atoms with van der Waals surface area (Å²) in [6.07, 6.45) is 0. The van der Waals surface area contributed by atoms with Crippen LogP contribution in [0.25, 0.3) is 89.0 Å². The van der Waals surface area contributed by atoms with Crippen LogP contribution in [0.5, 0.6) is 0 Å². The van der Waals surface area contributed by atoms with Crippen molar-refractivity contribution >= 4 is 50.1 Å². The maximum Gasteiger partial charge on any atom is 0.227 e. The SMILES string of the molecule is c1ccc(-c2ccc(-c3ccc(N(c4ccc(-c5ccc6oc7ccc8oc(-c9ccccc9)nc8c7c6c5)cc4)c4cccc(-c5ccccc5)c4)cc3)cc2)cc1. The van der Waals surface area contributed by atoms with E-state index >= 15 is 0 Å². The summed E-state index contributed by atoms with van der Waals surface area (Å²) >= 11 is 0. The number of hydrogen-bond acceptors (Lipinski definition) is 4. The summed E-state index contributed by atoms with van der Waals surface area (Å²) in [7, 11) is 0. The van der Waals surface area contributed by atoms with Crippen LogP contribution in [0.4, 0.5) is 17.1 Å². The second-order valence-corrected chi connectivity index (χ2v) is 14.8. The Morgan fingerprint density at radius 2 is 0.746 bits per heavy atom. The average molecular weight is 757 g/mol. The molecule has 0 radical (unpaired) electrons. The van der Waals surface area contributed by atoms with Crippen LogP contribution < -0.4 is 4.90 Å². The van der Waals surface area contributed by atoms with Crippen molar-refractivity contribution in [2.75, 3.05) is 4.90 Å². The van der Waals surface area contributed by atoms with E-state index in [1.165, 1.54) is 27.8 Å². The van der Waals surface area contributed by atoms with E-state index in [0.717, 1.165) is 72.4 Å². The lowest BCUT2D eigenvalue weighted by Crippen LogP contribution is -2.10. The number of rotatable bonds is 8. The summed E-state index contributed by atoms with van der Waals surface area (Å²) in [5.74, 6) is 0.597. The van der Waals surface area contributed by atoms with Gasteiger partial charge in [0.15, 0.2) is 5.58 Å². The summed E-state index contributed by atoms with van der Waals surface area (Å²) in [5, 5.41) is 1.97. The lowest BCUT2D eigenvalue weighted by Gasteiger charge is -2.26. The molecule has 4 heteroatoms. The summed E-state index contributed by atoms with van der Waals surface area (Å²) in [4.78, 5) is 7.29. The number of furan rings is 1. The lowest BCUT2D eigenvalue weighted by molar-refractivity contribution is 0.619. The molecule has 0 unspecified atom stereocenters. The van der Waals surface area contributed by atoms with Gasteiger partial charge in [0.2, 0.25) is 5.89 Å². The molecule has 0 aliphatic carbocycles. The van der Waals surface area contributed by atoms with Gasteiger partial charge in [0.1, 0.15) is 16.7 Å². The van der Waals surface area contributed by atoms with Gasteiger partial charge in [0.05, 0.1) is 5.39 Å². The Balaban J connectivity index is 0.957. The molecule has 11 aromatic rings. The molecule has 11 rings (SSSR count). The number of nitrogens with zero attached hydrogens (tertiary/aromatic N) is 2. The molecule has 2 aromatic heterocycles. The zero-order chi connectivity index (χ0) is 39.1. The molecule has 278 valence electrons. The second-order valence-electron chi connectivity index (χ2n) is 14.8. The van der Waals surface area contributed by atoms with Gasteiger partial charge in [0, 0.05) is 28.0 Å². The Labute approximate surface area is 341 Å². The summed E-state index contributed by atoms with van der Waals surface area (Å²) in [6, 6.07) is 76.6. The van der Waals surface area contributed by atoms with Crippen LogP contribution in [0.2, 0.25) is 0 Å². The molecule has 0 fully saturated rings. The maximum absolute atomic E-state index is 6.33. The van der Waals surface area contributed by atoms with Crippen molar-refractivity contribution < 1.29 is 8.83 Å². The number of oxazole rings is 1. The fourth-order valence-electron chi connectivity index (χ4n) is 8.13. The molecule has 0 N–H and O–H groups in total. The molecule has 0 bridgehead atoms. The Morgan fingerprint density at radius 3 is 1.36 bits per heavy atom. The first-order valence-electron chi connectivity index (χ1n) is 19.9. The minimum absolute atomic E-state index is 0.597. The predicted molar refractivity (Wildman–Crippen MR) is 243 cm³/mol. The van der Waals surface area contributed by atoms with Crippen LogP contribution in [0.1, 0.15) is 0 Å². The van der Waals surface area contributed by atoms with E-state index in [4.69, 9.17) is 13.8 Å². The average Bonchev–Trinajstić information content (AvgIpc) is 3.92. The van der Waals surface area contributed by atoms with Crippen LogP contribution in [0.3, 0.4) is 0 Å². The highest BCUT2D eigenvalue weighted by Crippen LogP contribution is 2.41. The number of anilines is 3. The van der Waals surface area contributed by atoms with Crippen molar-refractivity contribution in [2.24, 2.45) is 0 Å². The molecule has 9 aromatic carbocycles. The van der Waals surface area contributed by atoms with Crippen molar-refractivity contribution in [3.05, 3.63) is 218 Å². The maximum atomic E-state index is 6.33. The standard InChI is InChI=1S/C55H36N2O2/c1-4-11-37(12-5-1)39-19-21-40(22-20-39)41-23-28-46(29-24-41)57(48-18-10-17-44(35-48)38-13-6-2-7-14-38)47-30-25-42(26-31-47)45-27-32-50-49(36-45)53-51(58-50)33-34-52-54(53)56-55(59-52)43-15-8-3-9-16-43/h1-36H. The molecule has 0 aliphatic heterocycles. The molecule has 0 saturated heterocycles. The first kappa shape index (κ1) is 34.3. The van der Waals surface area contributed by atoms with E-state index in [1.54, 1.807) is 0 Å². The fourth-order valence-corrected chi connectivity index (χ4v) is 8.13. The first-order valence-corrected chi connectivity index (χ1v) is 19.9. The van der Waals surface area contributed by atoms with Gasteiger partial charge in [-0.2, -0.15) is 0 Å². The molecular weight excluding hydrogens is 721 g/mol. The number of benzene rings is 9. The Bertz CT molecular complexity index is 3220. The minimum atomic E-state index is 0.597. The van der Waals surface area contributed by atoms with Gasteiger partial charge in [-0.15, -0.1) is 0 Å². The van der Waals surface area contributed by atoms with Crippen LogP contribution in [0.15, 0.2) is 227 Å². The van der Waals surface area contributed by atoms with E-state index in [0.29, 0.717) is 5.89 Å². The molecule has 0 amide bonds. The third kappa shape index (κ3) is 6.43. The van der Waals surface area contributed by atoms with Gasteiger partial charge in [-0.05, 0) is 117 Å². The Hall–Kier alpha value is -7.95. The normalized spacial score (nSPS) is 11.4. The van der Waals surface area contributed by atoms with E-state index in [-0.39, 0.29) is 0 Å². The second kappa shape index (κ2) is 14.5. The molecule has 0 atom stereocenters. The van der Waals surface area contributed by atoms with Gasteiger partial charge in [-0.1, -0.05) is 146 Å². The van der Waals surface area contributed by atoms with Crippen molar-refractivity contribution in [3.63, 3.8) is 0 Å². The zero-order valence-electron chi connectivity index (χ0n) is 32.0. The van der Waals surface area contributed by atoms with E-state index in [9.17, 15) is 0 Å². The van der Waals surface area contributed by atoms with Gasteiger partial charge in [-0.25, -0.2) is 4.98 Å². The zero-order valence-corrected chi connectivity index (χ0v) is 32.0. The van der Waals surface area contributed by atoms with Crippen LogP contribution >= 0.6 is 0 Å². The Kier molecular flexibility index (Phi) is 8.45. The Morgan fingerprint density at radius 1 is 0.305 bits per heavy atom. The first-order chi connectivity index (χ1) is 29.2. The van der Waals surface area contributed by atoms with Crippen molar-refractivity contribution in [1.29, 1.82) is 0 Å². The highest BCUT2D eigenvalue weighted by atomic mass is 16.4. The summed E-state index contributed by atoms with van der Waals surface area (Å²) in [6.45, 7) is 0. The quantitative estimate of drug-likeness (QED) is 0.155. The van der Waals surface area contributed by atoms with E-state index in [2.05, 4.69) is 181 Å². The highest BCUT2D eigenvalue weighted by molar-refractivity contribution is 6.17. The molecule has 0 spiro atoms. The summed E-state index contributed by atoms with van der Waals surface area (Å²) in [5.41, 5.74) is 16.6. The fraction of sp³-hybridized carbons (Fsp3) is 0. The molecular formula is C55H36N2O2. The van der Waals surface area contributed by atoms with Crippen molar-refractivity contribution in [1.82, 2.24) is 4.98 Å². The molecule has 4 nitrogen and oxygen atoms in total. The molecule has 2 heterocycles.